The molecule has 3 N–H and O–H groups in total. The molecule has 0 saturated heterocycles. The number of furan rings is 1. The standard InChI is InChI=1S/C12H14N2O3S/c1-9-5-6-11(17-9)8-14-18(15,16)12-4-2-3-10(13)7-12/h2-7,14H,8,13H2,1H3. The van der Waals surface area contributed by atoms with Crippen LogP contribution in [-0.4, -0.2) is 8.42 Å². The first-order valence-electron chi connectivity index (χ1n) is 5.38. The fourth-order valence-electron chi connectivity index (χ4n) is 1.51. The summed E-state index contributed by atoms with van der Waals surface area (Å²) in [7, 11) is -3.56. The summed E-state index contributed by atoms with van der Waals surface area (Å²) in [6.45, 7) is 1.92. The van der Waals surface area contributed by atoms with E-state index in [1.165, 1.54) is 12.1 Å². The molecule has 6 heteroatoms. The van der Waals surface area contributed by atoms with Gasteiger partial charge in [0.2, 0.25) is 10.0 Å². The number of hydrogen-bond donors (Lipinski definition) is 2. The van der Waals surface area contributed by atoms with Crippen LogP contribution in [0.15, 0.2) is 45.7 Å². The van der Waals surface area contributed by atoms with Crippen molar-refractivity contribution in [3.63, 3.8) is 0 Å². The molecule has 0 aliphatic heterocycles. The van der Waals surface area contributed by atoms with Crippen LogP contribution in [0, 0.1) is 6.92 Å². The lowest BCUT2D eigenvalue weighted by atomic mass is 10.3. The van der Waals surface area contributed by atoms with Gasteiger partial charge in [0.25, 0.3) is 0 Å². The molecule has 5 nitrogen and oxygen atoms in total. The Labute approximate surface area is 106 Å². The fraction of sp³-hybridized carbons (Fsp3) is 0.167. The third kappa shape index (κ3) is 2.91. The van der Waals surface area contributed by atoms with Gasteiger partial charge in [0, 0.05) is 5.69 Å². The molecule has 0 bridgehead atoms. The van der Waals surface area contributed by atoms with Crippen LogP contribution in [0.4, 0.5) is 5.69 Å². The minimum absolute atomic E-state index is 0.116. The number of benzene rings is 1. The molecule has 0 aliphatic carbocycles. The highest BCUT2D eigenvalue weighted by atomic mass is 32.2. The fourth-order valence-corrected chi connectivity index (χ4v) is 2.56. The molecule has 1 heterocycles. The van der Waals surface area contributed by atoms with E-state index in [9.17, 15) is 8.42 Å². The van der Waals surface area contributed by atoms with Gasteiger partial charge in [-0.05, 0) is 37.3 Å². The van der Waals surface area contributed by atoms with Crippen LogP contribution in [0.2, 0.25) is 0 Å². The number of rotatable bonds is 4. The van der Waals surface area contributed by atoms with Crippen LogP contribution in [0.3, 0.4) is 0 Å². The molecule has 1 aromatic carbocycles. The molecule has 0 fully saturated rings. The maximum Gasteiger partial charge on any atom is 0.241 e. The second-order valence-corrected chi connectivity index (χ2v) is 5.68. The summed E-state index contributed by atoms with van der Waals surface area (Å²) in [4.78, 5) is 0.144. The third-order valence-corrected chi connectivity index (χ3v) is 3.80. The average Bonchev–Trinajstić information content (AvgIpc) is 2.73. The Hall–Kier alpha value is -1.79. The lowest BCUT2D eigenvalue weighted by Crippen LogP contribution is -2.23. The second-order valence-electron chi connectivity index (χ2n) is 3.91. The van der Waals surface area contributed by atoms with E-state index >= 15 is 0 Å². The molecular formula is C12H14N2O3S. The second kappa shape index (κ2) is 4.83. The molecule has 0 radical (unpaired) electrons. The molecule has 0 saturated carbocycles. The first-order valence-corrected chi connectivity index (χ1v) is 6.86. The zero-order chi connectivity index (χ0) is 13.2. The number of nitrogens with two attached hydrogens (primary N) is 1. The summed E-state index contributed by atoms with van der Waals surface area (Å²) in [5, 5.41) is 0. The van der Waals surface area contributed by atoms with Crippen molar-refractivity contribution in [2.45, 2.75) is 18.4 Å². The first kappa shape index (κ1) is 12.7. The Kier molecular flexibility index (Phi) is 3.40. The van der Waals surface area contributed by atoms with Crippen molar-refractivity contribution in [1.29, 1.82) is 0 Å². The zero-order valence-electron chi connectivity index (χ0n) is 9.88. The van der Waals surface area contributed by atoms with Crippen molar-refractivity contribution in [2.24, 2.45) is 0 Å². The predicted octanol–water partition coefficient (Wildman–Crippen LogP) is 1.65. The molecule has 18 heavy (non-hydrogen) atoms. The van der Waals surface area contributed by atoms with Gasteiger partial charge < -0.3 is 10.2 Å². The van der Waals surface area contributed by atoms with Crippen LogP contribution in [-0.2, 0) is 16.6 Å². The van der Waals surface area contributed by atoms with E-state index in [0.29, 0.717) is 11.4 Å². The minimum Gasteiger partial charge on any atom is -0.465 e. The average molecular weight is 266 g/mol. The zero-order valence-corrected chi connectivity index (χ0v) is 10.7. The van der Waals surface area contributed by atoms with Gasteiger partial charge in [-0.2, -0.15) is 0 Å². The Bertz CT molecular complexity index is 647. The molecule has 0 aliphatic rings. The van der Waals surface area contributed by atoms with E-state index in [1.54, 1.807) is 31.2 Å². The highest BCUT2D eigenvalue weighted by Crippen LogP contribution is 2.13. The van der Waals surface area contributed by atoms with Crippen LogP contribution in [0.1, 0.15) is 11.5 Å². The largest absolute Gasteiger partial charge is 0.465 e. The Morgan fingerprint density at radius 2 is 2.06 bits per heavy atom. The monoisotopic (exact) mass is 266 g/mol. The molecule has 0 atom stereocenters. The molecule has 1 aromatic heterocycles. The van der Waals surface area contributed by atoms with Gasteiger partial charge in [0.05, 0.1) is 11.4 Å². The van der Waals surface area contributed by atoms with E-state index in [-0.39, 0.29) is 11.4 Å². The molecule has 2 rings (SSSR count). The van der Waals surface area contributed by atoms with E-state index < -0.39 is 10.0 Å². The summed E-state index contributed by atoms with van der Waals surface area (Å²) >= 11 is 0. The molecule has 96 valence electrons. The van der Waals surface area contributed by atoms with Crippen molar-refractivity contribution in [1.82, 2.24) is 4.72 Å². The maximum absolute atomic E-state index is 12.0. The number of sulfonamides is 1. The number of anilines is 1. The topological polar surface area (TPSA) is 85.3 Å². The van der Waals surface area contributed by atoms with E-state index in [4.69, 9.17) is 10.2 Å². The van der Waals surface area contributed by atoms with Crippen molar-refractivity contribution >= 4 is 15.7 Å². The number of nitrogens with one attached hydrogen (secondary N) is 1. The van der Waals surface area contributed by atoms with Gasteiger partial charge in [-0.3, -0.25) is 0 Å². The number of nitrogen functional groups attached to an aromatic ring is 1. The molecule has 0 amide bonds. The van der Waals surface area contributed by atoms with E-state index in [2.05, 4.69) is 4.72 Å². The van der Waals surface area contributed by atoms with Crippen LogP contribution < -0.4 is 10.5 Å². The van der Waals surface area contributed by atoms with Gasteiger partial charge >= 0.3 is 0 Å². The van der Waals surface area contributed by atoms with Crippen LogP contribution >= 0.6 is 0 Å². The maximum atomic E-state index is 12.0. The summed E-state index contributed by atoms with van der Waals surface area (Å²) in [6.07, 6.45) is 0. The smallest absolute Gasteiger partial charge is 0.241 e. The predicted molar refractivity (Wildman–Crippen MR) is 68.3 cm³/mol. The summed E-state index contributed by atoms with van der Waals surface area (Å²) in [5.41, 5.74) is 5.96. The highest BCUT2D eigenvalue weighted by Gasteiger charge is 2.14. The number of hydrogen-bond acceptors (Lipinski definition) is 4. The molecule has 0 spiro atoms. The Balaban J connectivity index is 2.13. The van der Waals surface area contributed by atoms with E-state index in [1.807, 2.05) is 0 Å². The minimum atomic E-state index is -3.56. The quantitative estimate of drug-likeness (QED) is 0.824. The van der Waals surface area contributed by atoms with Gasteiger partial charge in [-0.1, -0.05) is 6.07 Å². The van der Waals surface area contributed by atoms with Gasteiger partial charge in [0.15, 0.2) is 0 Å². The van der Waals surface area contributed by atoms with Crippen LogP contribution in [0.5, 0.6) is 0 Å². The third-order valence-electron chi connectivity index (χ3n) is 2.40. The molecule has 0 unspecified atom stereocenters. The van der Waals surface area contributed by atoms with Crippen molar-refractivity contribution < 1.29 is 12.8 Å². The SMILES string of the molecule is Cc1ccc(CNS(=O)(=O)c2cccc(N)c2)o1. The normalized spacial score (nSPS) is 11.6. The molecular weight excluding hydrogens is 252 g/mol. The highest BCUT2D eigenvalue weighted by molar-refractivity contribution is 7.89. The van der Waals surface area contributed by atoms with Gasteiger partial charge in [-0.15, -0.1) is 0 Å². The summed E-state index contributed by atoms with van der Waals surface area (Å²) in [5.74, 6) is 1.31. The molecule has 2 aromatic rings. The van der Waals surface area contributed by atoms with Gasteiger partial charge in [-0.25, -0.2) is 13.1 Å². The lowest BCUT2D eigenvalue weighted by Gasteiger charge is -2.05. The summed E-state index contributed by atoms with van der Waals surface area (Å²) < 4.78 is 31.7. The Morgan fingerprint density at radius 3 is 2.67 bits per heavy atom. The first-order chi connectivity index (χ1) is 8.47. The van der Waals surface area contributed by atoms with E-state index in [0.717, 1.165) is 5.76 Å². The Morgan fingerprint density at radius 1 is 1.28 bits per heavy atom. The van der Waals surface area contributed by atoms with Crippen LogP contribution in [0.25, 0.3) is 0 Å². The lowest BCUT2D eigenvalue weighted by molar-refractivity contribution is 0.475. The van der Waals surface area contributed by atoms with Crippen molar-refractivity contribution in [3.8, 4) is 0 Å². The van der Waals surface area contributed by atoms with Crippen molar-refractivity contribution in [3.05, 3.63) is 47.9 Å². The summed E-state index contributed by atoms with van der Waals surface area (Å²) in [6, 6.07) is 9.65. The number of aryl methyl sites for hydroxylation is 1. The van der Waals surface area contributed by atoms with Gasteiger partial charge in [0.1, 0.15) is 11.5 Å². The van der Waals surface area contributed by atoms with Crippen molar-refractivity contribution in [2.75, 3.05) is 5.73 Å².